The number of rotatable bonds is 7. The van der Waals surface area contributed by atoms with Gasteiger partial charge in [-0.3, -0.25) is 9.79 Å². The third kappa shape index (κ3) is 5.70. The number of aromatic nitrogens is 1. The Labute approximate surface area is 176 Å². The normalized spacial score (nSPS) is 11.2. The van der Waals surface area contributed by atoms with Crippen molar-refractivity contribution in [3.05, 3.63) is 77.2 Å². The minimum Gasteiger partial charge on any atom is -0.444 e. The highest BCUT2D eigenvalue weighted by atomic mass is 16.3. The molecule has 3 aromatic rings. The van der Waals surface area contributed by atoms with Crippen LogP contribution in [-0.4, -0.2) is 30.4 Å². The van der Waals surface area contributed by atoms with Gasteiger partial charge in [0.1, 0.15) is 6.26 Å². The van der Waals surface area contributed by atoms with E-state index in [1.165, 1.54) is 5.56 Å². The zero-order valence-electron chi connectivity index (χ0n) is 17.5. The lowest BCUT2D eigenvalue weighted by molar-refractivity contribution is 0.0955. The van der Waals surface area contributed by atoms with E-state index < -0.39 is 0 Å². The first-order valence-electron chi connectivity index (χ1n) is 9.92. The van der Waals surface area contributed by atoms with E-state index in [0.29, 0.717) is 37.0 Å². The first-order chi connectivity index (χ1) is 14.6. The van der Waals surface area contributed by atoms with E-state index >= 15 is 0 Å². The molecule has 0 aliphatic rings. The maximum atomic E-state index is 12.0. The number of nitrogens with zero attached hydrogens (tertiary/aromatic N) is 2. The molecule has 30 heavy (non-hydrogen) atoms. The number of benzene rings is 2. The first-order valence-corrected chi connectivity index (χ1v) is 9.92. The molecule has 156 valence electrons. The van der Waals surface area contributed by atoms with Gasteiger partial charge in [-0.15, -0.1) is 0 Å². The monoisotopic (exact) mass is 405 g/mol. The average molecular weight is 406 g/mol. The molecule has 0 saturated heterocycles. The highest BCUT2D eigenvalue weighted by Crippen LogP contribution is 2.19. The number of carbonyl (C=O) groups is 1. The lowest BCUT2D eigenvalue weighted by Crippen LogP contribution is -2.36. The number of carbonyl (C=O) groups excluding carboxylic acids is 1. The molecule has 0 fully saturated rings. The summed E-state index contributed by atoms with van der Waals surface area (Å²) in [4.78, 5) is 20.8. The smallest absolute Gasteiger partial charge is 0.251 e. The quantitative estimate of drug-likeness (QED) is 0.415. The Morgan fingerprint density at radius 3 is 2.57 bits per heavy atom. The van der Waals surface area contributed by atoms with Crippen molar-refractivity contribution in [2.75, 3.05) is 13.6 Å². The summed E-state index contributed by atoms with van der Waals surface area (Å²) in [5.74, 6) is 1.16. The van der Waals surface area contributed by atoms with Crippen molar-refractivity contribution < 1.29 is 9.21 Å². The molecule has 1 amide bonds. The number of hydrogen-bond acceptors (Lipinski definition) is 4. The third-order valence-corrected chi connectivity index (χ3v) is 4.50. The Morgan fingerprint density at radius 1 is 1.07 bits per heavy atom. The van der Waals surface area contributed by atoms with Crippen LogP contribution in [0.4, 0.5) is 0 Å². The molecule has 3 N–H and O–H groups in total. The first kappa shape index (κ1) is 21.1. The van der Waals surface area contributed by atoms with E-state index in [0.717, 1.165) is 16.8 Å². The molecule has 0 aliphatic carbocycles. The standard InChI is InChI=1S/C23H27N5O2/c1-4-25-21(29)19-7-5-6-17(12-19)13-26-23(24-3)27-14-20-15-30-22(28-20)18-10-8-16(2)9-11-18/h5-12,15H,4,13-14H2,1-3H3,(H,25,29)(H2,24,26,27). The van der Waals surface area contributed by atoms with E-state index in [1.54, 1.807) is 19.4 Å². The summed E-state index contributed by atoms with van der Waals surface area (Å²) >= 11 is 0. The Balaban J connectivity index is 1.54. The Hall–Kier alpha value is -3.61. The zero-order valence-corrected chi connectivity index (χ0v) is 17.5. The van der Waals surface area contributed by atoms with Crippen LogP contribution in [0, 0.1) is 6.92 Å². The van der Waals surface area contributed by atoms with Gasteiger partial charge >= 0.3 is 0 Å². The van der Waals surface area contributed by atoms with Gasteiger partial charge < -0.3 is 20.4 Å². The summed E-state index contributed by atoms with van der Waals surface area (Å²) < 4.78 is 5.59. The van der Waals surface area contributed by atoms with Crippen LogP contribution in [-0.2, 0) is 13.1 Å². The Morgan fingerprint density at radius 2 is 1.83 bits per heavy atom. The number of nitrogens with one attached hydrogen (secondary N) is 3. The van der Waals surface area contributed by atoms with Crippen LogP contribution in [0.25, 0.3) is 11.5 Å². The van der Waals surface area contributed by atoms with E-state index in [2.05, 4.69) is 25.9 Å². The second-order valence-electron chi connectivity index (χ2n) is 6.85. The summed E-state index contributed by atoms with van der Waals surface area (Å²) in [6.07, 6.45) is 1.64. The molecule has 1 heterocycles. The van der Waals surface area contributed by atoms with Crippen molar-refractivity contribution in [2.45, 2.75) is 26.9 Å². The molecular weight excluding hydrogens is 378 g/mol. The fraction of sp³-hybridized carbons (Fsp3) is 0.261. The minimum absolute atomic E-state index is 0.0720. The fourth-order valence-electron chi connectivity index (χ4n) is 2.88. The van der Waals surface area contributed by atoms with Gasteiger partial charge in [0.25, 0.3) is 5.91 Å². The van der Waals surface area contributed by atoms with Crippen molar-refractivity contribution in [3.63, 3.8) is 0 Å². The lowest BCUT2D eigenvalue weighted by Gasteiger charge is -2.11. The molecule has 0 aliphatic heterocycles. The predicted molar refractivity (Wildman–Crippen MR) is 118 cm³/mol. The number of amides is 1. The molecule has 0 unspecified atom stereocenters. The van der Waals surface area contributed by atoms with Gasteiger partial charge in [-0.1, -0.05) is 29.8 Å². The number of guanidine groups is 1. The summed E-state index contributed by atoms with van der Waals surface area (Å²) in [5, 5.41) is 9.28. The topological polar surface area (TPSA) is 91.5 Å². The van der Waals surface area contributed by atoms with Crippen molar-refractivity contribution in [1.82, 2.24) is 20.9 Å². The number of oxazole rings is 1. The fourth-order valence-corrected chi connectivity index (χ4v) is 2.88. The van der Waals surface area contributed by atoms with Crippen LogP contribution in [0.2, 0.25) is 0 Å². The van der Waals surface area contributed by atoms with Crippen molar-refractivity contribution in [3.8, 4) is 11.5 Å². The van der Waals surface area contributed by atoms with Gasteiger partial charge in [-0.05, 0) is 43.7 Å². The second kappa shape index (κ2) is 10.2. The molecule has 7 heteroatoms. The zero-order chi connectivity index (χ0) is 21.3. The lowest BCUT2D eigenvalue weighted by atomic mass is 10.1. The van der Waals surface area contributed by atoms with Crippen molar-refractivity contribution in [2.24, 2.45) is 4.99 Å². The van der Waals surface area contributed by atoms with Crippen LogP contribution in [0.5, 0.6) is 0 Å². The molecule has 0 spiro atoms. The molecule has 3 rings (SSSR count). The van der Waals surface area contributed by atoms with Crippen LogP contribution in [0.3, 0.4) is 0 Å². The van der Waals surface area contributed by atoms with E-state index in [9.17, 15) is 4.79 Å². The van der Waals surface area contributed by atoms with E-state index in [1.807, 2.05) is 56.3 Å². The SMILES string of the molecule is CCNC(=O)c1cccc(CNC(=NC)NCc2coc(-c3ccc(C)cc3)n2)c1. The van der Waals surface area contributed by atoms with Crippen LogP contribution in [0.15, 0.2) is 64.2 Å². The molecule has 1 aromatic heterocycles. The highest BCUT2D eigenvalue weighted by molar-refractivity contribution is 5.94. The maximum absolute atomic E-state index is 12.0. The summed E-state index contributed by atoms with van der Waals surface area (Å²) in [6.45, 7) is 5.57. The second-order valence-corrected chi connectivity index (χ2v) is 6.85. The average Bonchev–Trinajstić information content (AvgIpc) is 3.24. The summed E-state index contributed by atoms with van der Waals surface area (Å²) in [5.41, 5.74) is 4.56. The van der Waals surface area contributed by atoms with Gasteiger partial charge in [0.05, 0.1) is 12.2 Å². The third-order valence-electron chi connectivity index (χ3n) is 4.50. The number of aryl methyl sites for hydroxylation is 1. The molecule has 2 aromatic carbocycles. The van der Waals surface area contributed by atoms with Crippen molar-refractivity contribution >= 4 is 11.9 Å². The van der Waals surface area contributed by atoms with Gasteiger partial charge in [0, 0.05) is 31.3 Å². The highest BCUT2D eigenvalue weighted by Gasteiger charge is 2.08. The van der Waals surface area contributed by atoms with Gasteiger partial charge in [-0.2, -0.15) is 0 Å². The predicted octanol–water partition coefficient (Wildman–Crippen LogP) is 3.26. The van der Waals surface area contributed by atoms with Crippen LogP contribution in [0.1, 0.15) is 34.1 Å². The number of aliphatic imine (C=N–C) groups is 1. The molecule has 0 saturated carbocycles. The van der Waals surface area contributed by atoms with Gasteiger partial charge in [0.15, 0.2) is 5.96 Å². The van der Waals surface area contributed by atoms with E-state index in [4.69, 9.17) is 4.42 Å². The molecular formula is C23H27N5O2. The minimum atomic E-state index is -0.0720. The van der Waals surface area contributed by atoms with Gasteiger partial charge in [-0.25, -0.2) is 4.98 Å². The van der Waals surface area contributed by atoms with E-state index in [-0.39, 0.29) is 5.91 Å². The summed E-state index contributed by atoms with van der Waals surface area (Å²) in [7, 11) is 1.71. The number of hydrogen-bond donors (Lipinski definition) is 3. The molecule has 7 nitrogen and oxygen atoms in total. The molecule has 0 bridgehead atoms. The van der Waals surface area contributed by atoms with Crippen molar-refractivity contribution in [1.29, 1.82) is 0 Å². The molecule has 0 radical (unpaired) electrons. The van der Waals surface area contributed by atoms with Crippen LogP contribution >= 0.6 is 0 Å². The Bertz CT molecular complexity index is 1010. The van der Waals surface area contributed by atoms with Gasteiger partial charge in [0.2, 0.25) is 5.89 Å². The Kier molecular flexibility index (Phi) is 7.21. The largest absolute Gasteiger partial charge is 0.444 e. The summed E-state index contributed by atoms with van der Waals surface area (Å²) in [6, 6.07) is 15.6. The van der Waals surface area contributed by atoms with Crippen LogP contribution < -0.4 is 16.0 Å². The maximum Gasteiger partial charge on any atom is 0.251 e. The molecule has 0 atom stereocenters.